The fourth-order valence-electron chi connectivity index (χ4n) is 4.34. The highest BCUT2D eigenvalue weighted by Crippen LogP contribution is 2.34. The molecule has 0 aliphatic rings. The van der Waals surface area contributed by atoms with Crippen molar-refractivity contribution in [3.05, 3.63) is 0 Å². The lowest BCUT2D eigenvalue weighted by molar-refractivity contribution is 0.107. The molecular formula is C24H53NO3Si. The van der Waals surface area contributed by atoms with Crippen LogP contribution in [0, 0.1) is 0 Å². The van der Waals surface area contributed by atoms with Crippen molar-refractivity contribution in [3.63, 3.8) is 0 Å². The van der Waals surface area contributed by atoms with Crippen LogP contribution in [0.3, 0.4) is 0 Å². The minimum Gasteiger partial charge on any atom is -0.377 e. The lowest BCUT2D eigenvalue weighted by Crippen LogP contribution is -2.48. The van der Waals surface area contributed by atoms with Crippen molar-refractivity contribution in [2.45, 2.75) is 135 Å². The van der Waals surface area contributed by atoms with Crippen molar-refractivity contribution < 1.29 is 13.3 Å². The van der Waals surface area contributed by atoms with E-state index in [-0.39, 0.29) is 6.04 Å². The van der Waals surface area contributed by atoms with Gasteiger partial charge in [-0.05, 0) is 25.7 Å². The van der Waals surface area contributed by atoms with E-state index in [4.69, 9.17) is 19.0 Å². The Hall–Kier alpha value is 0.0569. The Labute approximate surface area is 184 Å². The second-order valence-corrected chi connectivity index (χ2v) is 12.0. The summed E-state index contributed by atoms with van der Waals surface area (Å²) in [5.41, 5.74) is 6.81. The van der Waals surface area contributed by atoms with Crippen molar-refractivity contribution in [1.29, 1.82) is 0 Å². The lowest BCUT2D eigenvalue weighted by Gasteiger charge is -2.33. The van der Waals surface area contributed by atoms with Crippen LogP contribution in [0.4, 0.5) is 0 Å². The molecule has 0 radical (unpaired) electrons. The van der Waals surface area contributed by atoms with E-state index in [0.717, 1.165) is 25.7 Å². The van der Waals surface area contributed by atoms with Crippen molar-refractivity contribution in [1.82, 2.24) is 0 Å². The molecule has 0 aromatic carbocycles. The molecule has 2 atom stereocenters. The molecular weight excluding hydrogens is 378 g/mol. The molecule has 0 rings (SSSR count). The molecule has 176 valence electrons. The van der Waals surface area contributed by atoms with Crippen LogP contribution in [-0.2, 0) is 13.3 Å². The van der Waals surface area contributed by atoms with E-state index < -0.39 is 8.80 Å². The molecule has 2 unspecified atom stereocenters. The zero-order valence-electron chi connectivity index (χ0n) is 20.5. The maximum atomic E-state index is 6.46. The van der Waals surface area contributed by atoms with Crippen molar-refractivity contribution in [3.8, 4) is 0 Å². The van der Waals surface area contributed by atoms with Crippen LogP contribution in [0.1, 0.15) is 123 Å². The first-order valence-electron chi connectivity index (χ1n) is 12.5. The van der Waals surface area contributed by atoms with Gasteiger partial charge in [0.05, 0.1) is 0 Å². The second kappa shape index (κ2) is 20.0. The zero-order valence-corrected chi connectivity index (χ0v) is 21.5. The van der Waals surface area contributed by atoms with Gasteiger partial charge in [0.1, 0.15) is 0 Å². The minimum atomic E-state index is -2.60. The first kappa shape index (κ1) is 29.1. The van der Waals surface area contributed by atoms with E-state index in [2.05, 4.69) is 13.8 Å². The molecule has 0 saturated heterocycles. The molecule has 0 amide bonds. The molecule has 0 saturated carbocycles. The Morgan fingerprint density at radius 2 is 0.966 bits per heavy atom. The summed E-state index contributed by atoms with van der Waals surface area (Å²) >= 11 is 0. The molecule has 5 heteroatoms. The summed E-state index contributed by atoms with van der Waals surface area (Å²) in [5, 5.41) is 0. The smallest absolute Gasteiger partial charge is 0.377 e. The topological polar surface area (TPSA) is 53.7 Å². The van der Waals surface area contributed by atoms with Gasteiger partial charge in [0.25, 0.3) is 0 Å². The first-order valence-corrected chi connectivity index (χ1v) is 14.3. The van der Waals surface area contributed by atoms with Crippen LogP contribution < -0.4 is 5.73 Å². The molecule has 4 nitrogen and oxygen atoms in total. The summed E-state index contributed by atoms with van der Waals surface area (Å²) in [4.78, 5) is 0. The van der Waals surface area contributed by atoms with E-state index in [1.165, 1.54) is 83.5 Å². The van der Waals surface area contributed by atoms with Crippen LogP contribution in [0.2, 0.25) is 5.54 Å². The normalized spacial score (nSPS) is 14.3. The summed E-state index contributed by atoms with van der Waals surface area (Å²) in [7, 11) is 2.62. The van der Waals surface area contributed by atoms with Crippen LogP contribution in [0.25, 0.3) is 0 Å². The number of unbranched alkanes of at least 4 members (excludes halogenated alkanes) is 11. The van der Waals surface area contributed by atoms with Gasteiger partial charge < -0.3 is 19.0 Å². The largest absolute Gasteiger partial charge is 0.503 e. The summed E-state index contributed by atoms with van der Waals surface area (Å²) in [6.07, 6.45) is 21.7. The highest BCUT2D eigenvalue weighted by atomic mass is 28.4. The molecule has 2 N–H and O–H groups in total. The Morgan fingerprint density at radius 3 is 1.41 bits per heavy atom. The van der Waals surface area contributed by atoms with Gasteiger partial charge in [-0.2, -0.15) is 0 Å². The highest BCUT2D eigenvalue weighted by Gasteiger charge is 2.46. The Morgan fingerprint density at radius 1 is 0.552 bits per heavy atom. The van der Waals surface area contributed by atoms with Gasteiger partial charge in [-0.1, -0.05) is 97.3 Å². The summed E-state index contributed by atoms with van der Waals surface area (Å²) in [6.45, 7) is 4.53. The predicted octanol–water partition coefficient (Wildman–Crippen LogP) is 7.23. The Kier molecular flexibility index (Phi) is 20.0. The number of hydrogen-bond donors (Lipinski definition) is 1. The third-order valence-corrected chi connectivity index (χ3v) is 9.61. The van der Waals surface area contributed by atoms with E-state index in [9.17, 15) is 0 Å². The monoisotopic (exact) mass is 431 g/mol. The molecule has 0 aromatic rings. The van der Waals surface area contributed by atoms with Crippen LogP contribution in [-0.4, -0.2) is 36.2 Å². The van der Waals surface area contributed by atoms with Gasteiger partial charge in [0.2, 0.25) is 0 Å². The maximum absolute atomic E-state index is 6.46. The summed E-state index contributed by atoms with van der Waals surface area (Å²) in [5.74, 6) is 0. The average molecular weight is 432 g/mol. The third-order valence-electron chi connectivity index (χ3n) is 6.32. The summed E-state index contributed by atoms with van der Waals surface area (Å²) < 4.78 is 17.4. The molecule has 0 bridgehead atoms. The molecule has 0 aliphatic heterocycles. The molecule has 0 fully saturated rings. The maximum Gasteiger partial charge on any atom is 0.503 e. The van der Waals surface area contributed by atoms with Gasteiger partial charge in [0, 0.05) is 32.9 Å². The number of nitrogens with two attached hydrogens (primary N) is 1. The zero-order chi connectivity index (χ0) is 21.8. The van der Waals surface area contributed by atoms with Gasteiger partial charge in [-0.15, -0.1) is 0 Å². The van der Waals surface area contributed by atoms with Crippen molar-refractivity contribution >= 4 is 8.80 Å². The number of rotatable bonds is 22. The standard InChI is InChI=1S/C24H53NO3Si/c1-6-8-10-12-13-14-16-17-19-23(25)21-22-24(20-18-15-11-9-7-2)29(26-3,27-4)28-5/h23-24H,6-22,25H2,1-5H3. The SMILES string of the molecule is CCCCCCCCCCC(N)CCC(CCCCCCC)[Si](OC)(OC)OC. The Bertz CT molecular complexity index is 332. The Balaban J connectivity index is 4.24. The minimum absolute atomic E-state index is 0.287. The van der Waals surface area contributed by atoms with Crippen molar-refractivity contribution in [2.75, 3.05) is 21.3 Å². The fraction of sp³-hybridized carbons (Fsp3) is 1.00. The van der Waals surface area contributed by atoms with Crippen LogP contribution in [0.5, 0.6) is 0 Å². The summed E-state index contributed by atoms with van der Waals surface area (Å²) in [6, 6.07) is 0.287. The molecule has 0 spiro atoms. The van der Waals surface area contributed by atoms with E-state index in [0.29, 0.717) is 5.54 Å². The first-order chi connectivity index (χ1) is 14.1. The van der Waals surface area contributed by atoms with E-state index in [1.54, 1.807) is 21.3 Å². The quantitative estimate of drug-likeness (QED) is 0.145. The predicted molar refractivity (Wildman–Crippen MR) is 128 cm³/mol. The second-order valence-electron chi connectivity index (χ2n) is 8.72. The van der Waals surface area contributed by atoms with Crippen molar-refractivity contribution in [2.24, 2.45) is 5.73 Å². The van der Waals surface area contributed by atoms with Crippen LogP contribution in [0.15, 0.2) is 0 Å². The van der Waals surface area contributed by atoms with Gasteiger partial charge in [-0.3, -0.25) is 0 Å². The third kappa shape index (κ3) is 13.9. The van der Waals surface area contributed by atoms with E-state index in [1.807, 2.05) is 0 Å². The highest BCUT2D eigenvalue weighted by molar-refractivity contribution is 6.62. The molecule has 29 heavy (non-hydrogen) atoms. The fourth-order valence-corrected chi connectivity index (χ4v) is 6.92. The van der Waals surface area contributed by atoms with Gasteiger partial charge >= 0.3 is 8.80 Å². The van der Waals surface area contributed by atoms with Gasteiger partial charge in [0.15, 0.2) is 0 Å². The molecule has 0 aliphatic carbocycles. The molecule has 0 aromatic heterocycles. The average Bonchev–Trinajstić information content (AvgIpc) is 2.74. The lowest BCUT2D eigenvalue weighted by atomic mass is 10.00. The van der Waals surface area contributed by atoms with E-state index >= 15 is 0 Å². The molecule has 0 heterocycles. The number of hydrogen-bond acceptors (Lipinski definition) is 4. The van der Waals surface area contributed by atoms with Gasteiger partial charge in [-0.25, -0.2) is 0 Å². The van der Waals surface area contributed by atoms with Crippen LogP contribution >= 0.6 is 0 Å².